The summed E-state index contributed by atoms with van der Waals surface area (Å²) in [5.74, 6) is 0.220. The molecule has 0 atom stereocenters. The number of nitrogens with zero attached hydrogens (tertiary/aromatic N) is 1. The SMILES string of the molecule is C/C(=N/c1ccc(OC(=O)c2ccccc2O)cc1)OC(C)C. The third kappa shape index (κ3) is 4.85. The van der Waals surface area contributed by atoms with Crippen LogP contribution < -0.4 is 4.74 Å². The first-order valence-corrected chi connectivity index (χ1v) is 7.28. The number of phenols is 1. The quantitative estimate of drug-likeness (QED) is 0.399. The highest BCUT2D eigenvalue weighted by atomic mass is 16.5. The minimum Gasteiger partial charge on any atom is -0.507 e. The number of hydrogen-bond acceptors (Lipinski definition) is 5. The van der Waals surface area contributed by atoms with Gasteiger partial charge >= 0.3 is 5.97 Å². The highest BCUT2D eigenvalue weighted by molar-refractivity contribution is 5.93. The van der Waals surface area contributed by atoms with Gasteiger partial charge in [0.15, 0.2) is 5.90 Å². The van der Waals surface area contributed by atoms with Crippen molar-refractivity contribution in [3.8, 4) is 11.5 Å². The number of carbonyl (C=O) groups excluding carboxylic acids is 1. The Labute approximate surface area is 135 Å². The first kappa shape index (κ1) is 16.5. The predicted octanol–water partition coefficient (Wildman–Crippen LogP) is 4.09. The number of para-hydroxylation sites is 1. The molecule has 0 bridgehead atoms. The summed E-state index contributed by atoms with van der Waals surface area (Å²) in [7, 11) is 0. The minimum absolute atomic E-state index is 0.0672. The van der Waals surface area contributed by atoms with Gasteiger partial charge in [-0.25, -0.2) is 9.79 Å². The number of carbonyl (C=O) groups is 1. The second kappa shape index (κ2) is 7.45. The largest absolute Gasteiger partial charge is 0.507 e. The normalized spacial score (nSPS) is 11.4. The van der Waals surface area contributed by atoms with Gasteiger partial charge in [-0.2, -0.15) is 0 Å². The van der Waals surface area contributed by atoms with Gasteiger partial charge in [-0.15, -0.1) is 0 Å². The molecule has 0 aromatic heterocycles. The minimum atomic E-state index is -0.612. The van der Waals surface area contributed by atoms with Crippen LogP contribution in [0.1, 0.15) is 31.1 Å². The molecule has 0 aliphatic rings. The summed E-state index contributed by atoms with van der Waals surface area (Å²) in [5, 5.41) is 9.64. The zero-order chi connectivity index (χ0) is 16.8. The van der Waals surface area contributed by atoms with Crippen molar-refractivity contribution in [2.45, 2.75) is 26.9 Å². The van der Waals surface area contributed by atoms with Gasteiger partial charge in [-0.1, -0.05) is 12.1 Å². The molecular formula is C18H19NO4. The molecule has 2 aromatic rings. The third-order valence-electron chi connectivity index (χ3n) is 2.86. The van der Waals surface area contributed by atoms with Gasteiger partial charge < -0.3 is 14.6 Å². The van der Waals surface area contributed by atoms with Crippen molar-refractivity contribution in [2.24, 2.45) is 4.99 Å². The average molecular weight is 313 g/mol. The van der Waals surface area contributed by atoms with E-state index in [1.165, 1.54) is 12.1 Å². The molecule has 5 heteroatoms. The molecule has 0 aliphatic carbocycles. The molecule has 0 fully saturated rings. The monoisotopic (exact) mass is 313 g/mol. The van der Waals surface area contributed by atoms with Crippen molar-refractivity contribution in [1.29, 1.82) is 0 Å². The Morgan fingerprint density at radius 3 is 2.35 bits per heavy atom. The summed E-state index contributed by atoms with van der Waals surface area (Å²) in [6.45, 7) is 5.65. The van der Waals surface area contributed by atoms with Crippen molar-refractivity contribution in [2.75, 3.05) is 0 Å². The third-order valence-corrected chi connectivity index (χ3v) is 2.86. The summed E-state index contributed by atoms with van der Waals surface area (Å²) in [6, 6.07) is 13.0. The van der Waals surface area contributed by atoms with Crippen LogP contribution in [-0.4, -0.2) is 23.1 Å². The van der Waals surface area contributed by atoms with Crippen LogP contribution in [-0.2, 0) is 4.74 Å². The van der Waals surface area contributed by atoms with Crippen LogP contribution in [0.2, 0.25) is 0 Å². The number of esters is 1. The van der Waals surface area contributed by atoms with Gasteiger partial charge in [0.25, 0.3) is 0 Å². The Kier molecular flexibility index (Phi) is 5.36. The Hall–Kier alpha value is -2.82. The maximum absolute atomic E-state index is 12.0. The number of rotatable bonds is 4. The number of hydrogen-bond donors (Lipinski definition) is 1. The van der Waals surface area contributed by atoms with Gasteiger partial charge in [0.05, 0.1) is 11.8 Å². The van der Waals surface area contributed by atoms with Gasteiger partial charge in [-0.3, -0.25) is 0 Å². The molecule has 23 heavy (non-hydrogen) atoms. The Morgan fingerprint density at radius 2 is 1.74 bits per heavy atom. The molecule has 0 saturated carbocycles. The molecule has 5 nitrogen and oxygen atoms in total. The van der Waals surface area contributed by atoms with Gasteiger partial charge in [0.2, 0.25) is 0 Å². The molecule has 2 aromatic carbocycles. The zero-order valence-electron chi connectivity index (χ0n) is 13.3. The van der Waals surface area contributed by atoms with Gasteiger partial charge in [0.1, 0.15) is 17.1 Å². The van der Waals surface area contributed by atoms with Crippen molar-refractivity contribution < 1.29 is 19.4 Å². The Balaban J connectivity index is 2.06. The molecule has 0 heterocycles. The standard InChI is InChI=1S/C18H19NO4/c1-12(2)22-13(3)19-14-8-10-15(11-9-14)23-18(21)16-6-4-5-7-17(16)20/h4-12,20H,1-3H3/b19-13-. The predicted molar refractivity (Wildman–Crippen MR) is 88.5 cm³/mol. The maximum atomic E-state index is 12.0. The second-order valence-electron chi connectivity index (χ2n) is 5.20. The van der Waals surface area contributed by atoms with E-state index in [-0.39, 0.29) is 17.4 Å². The summed E-state index contributed by atoms with van der Waals surface area (Å²) < 4.78 is 10.7. The molecule has 0 spiro atoms. The fraction of sp³-hybridized carbons (Fsp3) is 0.222. The van der Waals surface area contributed by atoms with Crippen molar-refractivity contribution >= 4 is 17.6 Å². The number of ether oxygens (including phenoxy) is 2. The van der Waals surface area contributed by atoms with E-state index in [0.29, 0.717) is 17.3 Å². The summed E-state index contributed by atoms with van der Waals surface area (Å²) in [4.78, 5) is 16.3. The lowest BCUT2D eigenvalue weighted by atomic mass is 10.2. The number of phenolic OH excluding ortho intramolecular Hbond substituents is 1. The highest BCUT2D eigenvalue weighted by Crippen LogP contribution is 2.22. The molecule has 2 rings (SSSR count). The second-order valence-corrected chi connectivity index (χ2v) is 5.20. The maximum Gasteiger partial charge on any atom is 0.347 e. The first-order valence-electron chi connectivity index (χ1n) is 7.28. The molecule has 0 saturated heterocycles. The number of aliphatic imine (C=N–C) groups is 1. The van der Waals surface area contributed by atoms with E-state index in [0.717, 1.165) is 0 Å². The molecule has 0 amide bonds. The van der Waals surface area contributed by atoms with Crippen molar-refractivity contribution in [3.63, 3.8) is 0 Å². The summed E-state index contributed by atoms with van der Waals surface area (Å²) in [6.07, 6.45) is 0.0672. The molecular weight excluding hydrogens is 294 g/mol. The number of aromatic hydroxyl groups is 1. The zero-order valence-corrected chi connectivity index (χ0v) is 13.3. The molecule has 1 N–H and O–H groups in total. The number of benzene rings is 2. The van der Waals surface area contributed by atoms with E-state index >= 15 is 0 Å². The van der Waals surface area contributed by atoms with Crippen LogP contribution in [0.15, 0.2) is 53.5 Å². The fourth-order valence-electron chi connectivity index (χ4n) is 1.95. The Morgan fingerprint density at radius 1 is 1.09 bits per heavy atom. The van der Waals surface area contributed by atoms with Crippen LogP contribution in [0.5, 0.6) is 11.5 Å². The summed E-state index contributed by atoms with van der Waals surface area (Å²) in [5.41, 5.74) is 0.821. The van der Waals surface area contributed by atoms with E-state index < -0.39 is 5.97 Å². The highest BCUT2D eigenvalue weighted by Gasteiger charge is 2.12. The van der Waals surface area contributed by atoms with Crippen LogP contribution in [0.25, 0.3) is 0 Å². The van der Waals surface area contributed by atoms with Crippen LogP contribution in [0.3, 0.4) is 0 Å². The van der Waals surface area contributed by atoms with Gasteiger partial charge in [0, 0.05) is 6.92 Å². The smallest absolute Gasteiger partial charge is 0.347 e. The average Bonchev–Trinajstić information content (AvgIpc) is 2.48. The lowest BCUT2D eigenvalue weighted by molar-refractivity contribution is 0.0731. The first-order chi connectivity index (χ1) is 11.0. The van der Waals surface area contributed by atoms with E-state index in [1.54, 1.807) is 43.3 Å². The lowest BCUT2D eigenvalue weighted by Crippen LogP contribution is -2.08. The van der Waals surface area contributed by atoms with E-state index in [4.69, 9.17) is 9.47 Å². The molecule has 0 unspecified atom stereocenters. The van der Waals surface area contributed by atoms with Crippen LogP contribution in [0.4, 0.5) is 5.69 Å². The van der Waals surface area contributed by atoms with Crippen molar-refractivity contribution in [3.05, 3.63) is 54.1 Å². The van der Waals surface area contributed by atoms with Crippen molar-refractivity contribution in [1.82, 2.24) is 0 Å². The molecule has 120 valence electrons. The molecule has 0 radical (unpaired) electrons. The van der Waals surface area contributed by atoms with Crippen LogP contribution in [0, 0.1) is 0 Å². The van der Waals surface area contributed by atoms with Gasteiger partial charge in [-0.05, 0) is 50.2 Å². The molecule has 0 aliphatic heterocycles. The lowest BCUT2D eigenvalue weighted by Gasteiger charge is -2.09. The van der Waals surface area contributed by atoms with Crippen LogP contribution >= 0.6 is 0 Å². The van der Waals surface area contributed by atoms with E-state index in [2.05, 4.69) is 4.99 Å². The van der Waals surface area contributed by atoms with E-state index in [9.17, 15) is 9.90 Å². The topological polar surface area (TPSA) is 68.1 Å². The van der Waals surface area contributed by atoms with E-state index in [1.807, 2.05) is 13.8 Å². The summed E-state index contributed by atoms with van der Waals surface area (Å²) >= 11 is 0. The Bertz CT molecular complexity index is 705. The fourth-order valence-corrected chi connectivity index (χ4v) is 1.95.